The summed E-state index contributed by atoms with van der Waals surface area (Å²) in [4.78, 5) is 35.1. The first kappa shape index (κ1) is 23.4. The van der Waals surface area contributed by atoms with Crippen molar-refractivity contribution in [3.8, 4) is 11.5 Å². The average Bonchev–Trinajstić information content (AvgIpc) is 2.80. The molecule has 0 heterocycles. The van der Waals surface area contributed by atoms with Crippen molar-refractivity contribution in [1.82, 2.24) is 16.1 Å². The van der Waals surface area contributed by atoms with Crippen LogP contribution in [-0.4, -0.2) is 44.2 Å². The van der Waals surface area contributed by atoms with Crippen LogP contribution in [0.2, 0.25) is 0 Å². The summed E-state index contributed by atoms with van der Waals surface area (Å²) >= 11 is 0. The first-order valence-electron chi connectivity index (χ1n) is 9.76. The van der Waals surface area contributed by atoms with Crippen LogP contribution >= 0.6 is 0 Å². The van der Waals surface area contributed by atoms with Crippen molar-refractivity contribution in [2.45, 2.75) is 19.9 Å². The first-order valence-corrected chi connectivity index (χ1v) is 9.76. The van der Waals surface area contributed by atoms with Gasteiger partial charge in [0.25, 0.3) is 5.91 Å². The minimum Gasteiger partial charge on any atom is -0.493 e. The van der Waals surface area contributed by atoms with E-state index in [-0.39, 0.29) is 12.5 Å². The predicted octanol–water partition coefficient (Wildman–Crippen LogP) is 1.37. The minimum atomic E-state index is -0.849. The molecule has 0 saturated heterocycles. The summed E-state index contributed by atoms with van der Waals surface area (Å²) in [5, 5.41) is 8.99. The van der Waals surface area contributed by atoms with Crippen LogP contribution < -0.4 is 25.5 Å². The average molecular weight is 426 g/mol. The molecule has 0 aliphatic carbocycles. The molecular formula is C22H26N4O5. The van der Waals surface area contributed by atoms with Gasteiger partial charge in [-0.15, -0.1) is 0 Å². The van der Waals surface area contributed by atoms with Crippen molar-refractivity contribution in [1.29, 1.82) is 0 Å². The molecule has 31 heavy (non-hydrogen) atoms. The fourth-order valence-electron chi connectivity index (χ4n) is 2.41. The lowest BCUT2D eigenvalue weighted by atomic mass is 10.2. The second-order valence-corrected chi connectivity index (χ2v) is 6.42. The van der Waals surface area contributed by atoms with Crippen LogP contribution in [0.4, 0.5) is 0 Å². The van der Waals surface area contributed by atoms with Crippen molar-refractivity contribution < 1.29 is 23.9 Å². The van der Waals surface area contributed by atoms with Gasteiger partial charge in [-0.3, -0.25) is 14.4 Å². The molecule has 0 spiro atoms. The van der Waals surface area contributed by atoms with E-state index in [1.807, 2.05) is 37.3 Å². The molecule has 0 aromatic heterocycles. The fourth-order valence-corrected chi connectivity index (χ4v) is 2.41. The van der Waals surface area contributed by atoms with E-state index in [0.717, 1.165) is 12.0 Å². The van der Waals surface area contributed by atoms with Gasteiger partial charge in [0.2, 0.25) is 0 Å². The Balaban J connectivity index is 1.85. The van der Waals surface area contributed by atoms with E-state index in [2.05, 4.69) is 21.2 Å². The van der Waals surface area contributed by atoms with Gasteiger partial charge in [0, 0.05) is 13.1 Å². The van der Waals surface area contributed by atoms with Crippen LogP contribution in [0.3, 0.4) is 0 Å². The molecule has 0 aliphatic heterocycles. The Labute approximate surface area is 180 Å². The maximum Gasteiger partial charge on any atom is 0.329 e. The maximum absolute atomic E-state index is 12.0. The van der Waals surface area contributed by atoms with Crippen molar-refractivity contribution >= 4 is 23.9 Å². The normalized spacial score (nSPS) is 10.4. The standard InChI is InChI=1S/C22H26N4O5/c1-3-11-23-21(28)22(29)26-25-14-17-9-10-18(19(12-17)30-2)31-15-20(27)24-13-16-7-5-4-6-8-16/h4-10,12,14H,3,11,13,15H2,1-2H3,(H,23,28)(H,24,27)(H,26,29)/b25-14-. The van der Waals surface area contributed by atoms with E-state index in [1.54, 1.807) is 18.2 Å². The monoisotopic (exact) mass is 426 g/mol. The number of nitrogens with one attached hydrogen (secondary N) is 3. The SMILES string of the molecule is CCCNC(=O)C(=O)N/N=C\c1ccc(OCC(=O)NCc2ccccc2)c(OC)c1. The summed E-state index contributed by atoms with van der Waals surface area (Å²) in [7, 11) is 1.47. The molecule has 2 aromatic rings. The number of amides is 3. The molecule has 2 rings (SSSR count). The third-order valence-electron chi connectivity index (χ3n) is 4.00. The number of hydrazone groups is 1. The topological polar surface area (TPSA) is 118 Å². The number of rotatable bonds is 10. The third-order valence-corrected chi connectivity index (χ3v) is 4.00. The Kier molecular flexibility index (Phi) is 9.54. The van der Waals surface area contributed by atoms with E-state index in [1.165, 1.54) is 13.3 Å². The highest BCUT2D eigenvalue weighted by molar-refractivity contribution is 6.35. The van der Waals surface area contributed by atoms with Crippen LogP contribution in [0.1, 0.15) is 24.5 Å². The van der Waals surface area contributed by atoms with Crippen molar-refractivity contribution in [2.24, 2.45) is 5.10 Å². The van der Waals surface area contributed by atoms with Crippen molar-refractivity contribution in [3.05, 3.63) is 59.7 Å². The van der Waals surface area contributed by atoms with E-state index in [4.69, 9.17) is 9.47 Å². The highest BCUT2D eigenvalue weighted by Crippen LogP contribution is 2.27. The third kappa shape index (κ3) is 8.17. The first-order chi connectivity index (χ1) is 15.0. The van der Waals surface area contributed by atoms with Gasteiger partial charge in [0.1, 0.15) is 0 Å². The quantitative estimate of drug-likeness (QED) is 0.301. The molecule has 0 unspecified atom stereocenters. The Morgan fingerprint density at radius 2 is 1.77 bits per heavy atom. The number of carbonyl (C=O) groups is 3. The van der Waals surface area contributed by atoms with E-state index in [9.17, 15) is 14.4 Å². The molecule has 0 aliphatic rings. The number of carbonyl (C=O) groups excluding carboxylic acids is 3. The maximum atomic E-state index is 12.0. The Bertz CT molecular complexity index is 915. The molecule has 0 atom stereocenters. The summed E-state index contributed by atoms with van der Waals surface area (Å²) in [6.07, 6.45) is 2.09. The second-order valence-electron chi connectivity index (χ2n) is 6.42. The van der Waals surface area contributed by atoms with Crippen molar-refractivity contribution in [2.75, 3.05) is 20.3 Å². The van der Waals surface area contributed by atoms with E-state index < -0.39 is 11.8 Å². The predicted molar refractivity (Wildman–Crippen MR) is 116 cm³/mol. The molecule has 164 valence electrons. The summed E-state index contributed by atoms with van der Waals surface area (Å²) in [5.74, 6) is -1.08. The summed E-state index contributed by atoms with van der Waals surface area (Å²) in [6, 6.07) is 14.5. The van der Waals surface area contributed by atoms with Crippen LogP contribution in [-0.2, 0) is 20.9 Å². The number of hydrogen-bond donors (Lipinski definition) is 3. The Hall–Kier alpha value is -3.88. The smallest absolute Gasteiger partial charge is 0.329 e. The molecule has 3 amide bonds. The van der Waals surface area contributed by atoms with Crippen LogP contribution in [0.25, 0.3) is 0 Å². The Morgan fingerprint density at radius 1 is 1.00 bits per heavy atom. The molecular weight excluding hydrogens is 400 g/mol. The van der Waals surface area contributed by atoms with Gasteiger partial charge in [0.15, 0.2) is 18.1 Å². The van der Waals surface area contributed by atoms with E-state index in [0.29, 0.717) is 30.2 Å². The lowest BCUT2D eigenvalue weighted by Crippen LogP contribution is -2.38. The van der Waals surface area contributed by atoms with Crippen LogP contribution in [0.15, 0.2) is 53.6 Å². The number of benzene rings is 2. The number of nitrogens with zero attached hydrogens (tertiary/aromatic N) is 1. The van der Waals surface area contributed by atoms with Crippen LogP contribution in [0.5, 0.6) is 11.5 Å². The van der Waals surface area contributed by atoms with Gasteiger partial charge >= 0.3 is 11.8 Å². The highest BCUT2D eigenvalue weighted by Gasteiger charge is 2.11. The lowest BCUT2D eigenvalue weighted by molar-refractivity contribution is -0.139. The molecule has 3 N–H and O–H groups in total. The lowest BCUT2D eigenvalue weighted by Gasteiger charge is -2.11. The molecule has 0 saturated carbocycles. The molecule has 0 bridgehead atoms. The van der Waals surface area contributed by atoms with Gasteiger partial charge in [-0.2, -0.15) is 5.10 Å². The zero-order valence-corrected chi connectivity index (χ0v) is 17.5. The summed E-state index contributed by atoms with van der Waals surface area (Å²) in [6.45, 7) is 2.55. The van der Waals surface area contributed by atoms with Gasteiger partial charge in [-0.1, -0.05) is 37.3 Å². The summed E-state index contributed by atoms with van der Waals surface area (Å²) in [5.41, 5.74) is 3.75. The number of methoxy groups -OCH3 is 1. The largest absolute Gasteiger partial charge is 0.493 e. The van der Waals surface area contributed by atoms with E-state index >= 15 is 0 Å². The Morgan fingerprint density at radius 3 is 2.48 bits per heavy atom. The zero-order chi connectivity index (χ0) is 22.5. The molecule has 9 nitrogen and oxygen atoms in total. The number of hydrogen-bond acceptors (Lipinski definition) is 6. The van der Waals surface area contributed by atoms with Gasteiger partial charge in [-0.25, -0.2) is 5.43 Å². The second kappa shape index (κ2) is 12.6. The minimum absolute atomic E-state index is 0.167. The molecule has 0 radical (unpaired) electrons. The van der Waals surface area contributed by atoms with Gasteiger partial charge < -0.3 is 20.1 Å². The molecule has 9 heteroatoms. The fraction of sp³-hybridized carbons (Fsp3) is 0.273. The van der Waals surface area contributed by atoms with Crippen molar-refractivity contribution in [3.63, 3.8) is 0 Å². The highest BCUT2D eigenvalue weighted by atomic mass is 16.5. The zero-order valence-electron chi connectivity index (χ0n) is 17.5. The summed E-state index contributed by atoms with van der Waals surface area (Å²) < 4.78 is 10.8. The number of ether oxygens (including phenoxy) is 2. The van der Waals surface area contributed by atoms with Gasteiger partial charge in [0.05, 0.1) is 13.3 Å². The van der Waals surface area contributed by atoms with Gasteiger partial charge in [-0.05, 0) is 35.7 Å². The molecule has 0 fully saturated rings. The molecule has 2 aromatic carbocycles. The van der Waals surface area contributed by atoms with Crippen LogP contribution in [0, 0.1) is 0 Å².